The molecule has 0 saturated carbocycles. The van der Waals surface area contributed by atoms with Gasteiger partial charge in [-0.25, -0.2) is 13.2 Å². The van der Waals surface area contributed by atoms with Gasteiger partial charge in [-0.15, -0.1) is 11.3 Å². The summed E-state index contributed by atoms with van der Waals surface area (Å²) >= 11 is 1.42. The van der Waals surface area contributed by atoms with Crippen LogP contribution in [-0.2, 0) is 34.1 Å². The van der Waals surface area contributed by atoms with E-state index in [1.165, 1.54) is 44.8 Å². The van der Waals surface area contributed by atoms with Gasteiger partial charge < -0.3 is 15.0 Å². The number of carbonyl (C=O) groups is 2. The normalized spacial score (nSPS) is 16.9. The Morgan fingerprint density at radius 1 is 1.08 bits per heavy atom. The Morgan fingerprint density at radius 3 is 2.58 bits per heavy atom. The second-order valence-corrected chi connectivity index (χ2v) is 12.5. The van der Waals surface area contributed by atoms with Crippen molar-refractivity contribution in [3.05, 3.63) is 75.7 Å². The molecule has 0 bridgehead atoms. The molecular weight excluding hydrogens is 522 g/mol. The summed E-state index contributed by atoms with van der Waals surface area (Å²) in [6, 6.07) is 13.5. The van der Waals surface area contributed by atoms with Crippen LogP contribution in [0, 0.1) is 0 Å². The van der Waals surface area contributed by atoms with Gasteiger partial charge in [0.05, 0.1) is 40.7 Å². The number of benzene rings is 2. The van der Waals surface area contributed by atoms with E-state index in [1.54, 1.807) is 6.92 Å². The summed E-state index contributed by atoms with van der Waals surface area (Å²) in [6.45, 7) is 7.29. The third-order valence-corrected chi connectivity index (χ3v) is 10.2. The minimum Gasteiger partial charge on any atom is -0.462 e. The molecule has 0 saturated heterocycles. The Bertz CT molecular complexity index is 1460. The van der Waals surface area contributed by atoms with Crippen molar-refractivity contribution in [2.24, 2.45) is 0 Å². The molecule has 1 unspecified atom stereocenters. The van der Waals surface area contributed by atoms with Crippen molar-refractivity contribution in [3.8, 4) is 0 Å². The van der Waals surface area contributed by atoms with Crippen molar-refractivity contribution < 1.29 is 27.6 Å². The van der Waals surface area contributed by atoms with E-state index in [-0.39, 0.29) is 11.5 Å². The number of thiophene rings is 1. The number of sulfonamides is 1. The smallest absolute Gasteiger partial charge is 0.341 e. The molecule has 3 heterocycles. The van der Waals surface area contributed by atoms with Crippen molar-refractivity contribution in [1.82, 2.24) is 0 Å². The quantitative estimate of drug-likeness (QED) is 0.437. The number of anilines is 2. The van der Waals surface area contributed by atoms with Crippen LogP contribution in [0.2, 0.25) is 0 Å². The third-order valence-electron chi connectivity index (χ3n) is 7.21. The number of esters is 1. The van der Waals surface area contributed by atoms with E-state index < -0.39 is 21.9 Å². The van der Waals surface area contributed by atoms with Gasteiger partial charge in [-0.05, 0) is 68.1 Å². The molecule has 1 atom stereocenters. The summed E-state index contributed by atoms with van der Waals surface area (Å²) in [4.78, 5) is 28.7. The molecule has 0 spiro atoms. The standard InChI is InChI=1S/C28H31N3O5S2/c1-3-30-17-15-22-24(18-30)37-27(25(22)28(33)36-4-2)29-26(32)20-11-13-21(14-12-20)38(34,35)31-16-7-9-19-8-5-6-10-23(19)31/h5-6,8,10-14H,3-4,7,9,15-18H2,1-2H3,(H,29,32)/p+1. The molecule has 2 N–H and O–H groups in total. The molecule has 1 aromatic heterocycles. The van der Waals surface area contributed by atoms with Crippen LogP contribution >= 0.6 is 11.3 Å². The lowest BCUT2D eigenvalue weighted by molar-refractivity contribution is -0.913. The molecule has 38 heavy (non-hydrogen) atoms. The number of aryl methyl sites for hydroxylation is 1. The van der Waals surface area contributed by atoms with E-state index in [9.17, 15) is 18.0 Å². The lowest BCUT2D eigenvalue weighted by atomic mass is 10.0. The number of ether oxygens (including phenoxy) is 1. The topological polar surface area (TPSA) is 97.2 Å². The fourth-order valence-corrected chi connectivity index (χ4v) is 8.02. The Hall–Kier alpha value is -3.21. The number of rotatable bonds is 7. The molecule has 0 radical (unpaired) electrons. The zero-order valence-corrected chi connectivity index (χ0v) is 23.2. The molecule has 2 aliphatic rings. The molecule has 2 aromatic carbocycles. The maximum Gasteiger partial charge on any atom is 0.341 e. The summed E-state index contributed by atoms with van der Waals surface area (Å²) in [5, 5.41) is 3.38. The molecule has 2 aliphatic heterocycles. The summed E-state index contributed by atoms with van der Waals surface area (Å²) < 4.78 is 33.6. The molecule has 1 amide bonds. The highest BCUT2D eigenvalue weighted by Crippen LogP contribution is 2.36. The molecule has 200 valence electrons. The van der Waals surface area contributed by atoms with Crippen LogP contribution in [0.1, 0.15) is 57.0 Å². The molecule has 0 fully saturated rings. The van der Waals surface area contributed by atoms with Crippen LogP contribution in [0.25, 0.3) is 0 Å². The van der Waals surface area contributed by atoms with Crippen LogP contribution in [0.3, 0.4) is 0 Å². The molecule has 10 heteroatoms. The van der Waals surface area contributed by atoms with E-state index in [0.717, 1.165) is 54.9 Å². The molecular formula is C28H32N3O5S2+. The van der Waals surface area contributed by atoms with Gasteiger partial charge >= 0.3 is 5.97 Å². The van der Waals surface area contributed by atoms with E-state index in [0.29, 0.717) is 28.4 Å². The minimum absolute atomic E-state index is 0.132. The zero-order valence-electron chi connectivity index (χ0n) is 21.6. The Balaban J connectivity index is 1.38. The highest BCUT2D eigenvalue weighted by molar-refractivity contribution is 7.92. The fraction of sp³-hybridized carbons (Fsp3) is 0.357. The predicted octanol–water partition coefficient (Wildman–Crippen LogP) is 3.28. The first-order valence-electron chi connectivity index (χ1n) is 13.0. The number of para-hydroxylation sites is 1. The summed E-state index contributed by atoms with van der Waals surface area (Å²) in [5.41, 5.74) is 3.43. The zero-order chi connectivity index (χ0) is 26.9. The SMILES string of the molecule is CCOC(=O)c1c(NC(=O)c2ccc(S(=O)(=O)N3CCCc4ccccc43)cc2)sc2c1CC[NH+](CC)C2. The number of carbonyl (C=O) groups excluding carboxylic acids is 2. The average Bonchev–Trinajstić information content (AvgIpc) is 3.29. The lowest BCUT2D eigenvalue weighted by Gasteiger charge is -2.30. The van der Waals surface area contributed by atoms with Gasteiger partial charge in [0.25, 0.3) is 15.9 Å². The number of nitrogens with one attached hydrogen (secondary N) is 2. The Morgan fingerprint density at radius 2 is 1.84 bits per heavy atom. The number of hydrogen-bond donors (Lipinski definition) is 2. The fourth-order valence-electron chi connectivity index (χ4n) is 5.18. The number of fused-ring (bicyclic) bond motifs is 2. The van der Waals surface area contributed by atoms with Crippen LogP contribution in [0.5, 0.6) is 0 Å². The van der Waals surface area contributed by atoms with Crippen LogP contribution in [-0.4, -0.2) is 46.5 Å². The van der Waals surface area contributed by atoms with E-state index in [2.05, 4.69) is 12.2 Å². The first-order chi connectivity index (χ1) is 18.3. The van der Waals surface area contributed by atoms with Crippen molar-refractivity contribution in [2.45, 2.75) is 44.6 Å². The molecule has 5 rings (SSSR count). The van der Waals surface area contributed by atoms with Gasteiger partial charge in [0.2, 0.25) is 0 Å². The van der Waals surface area contributed by atoms with Gasteiger partial charge in [0, 0.05) is 18.5 Å². The largest absolute Gasteiger partial charge is 0.462 e. The van der Waals surface area contributed by atoms with E-state index >= 15 is 0 Å². The van der Waals surface area contributed by atoms with E-state index in [4.69, 9.17) is 4.74 Å². The van der Waals surface area contributed by atoms with Gasteiger partial charge in [-0.3, -0.25) is 9.10 Å². The maximum atomic E-state index is 13.4. The van der Waals surface area contributed by atoms with Crippen LogP contribution in [0.15, 0.2) is 53.4 Å². The van der Waals surface area contributed by atoms with Crippen LogP contribution in [0.4, 0.5) is 10.7 Å². The second kappa shape index (κ2) is 10.9. The average molecular weight is 555 g/mol. The Labute approximate surface area is 227 Å². The summed E-state index contributed by atoms with van der Waals surface area (Å²) in [7, 11) is -3.77. The van der Waals surface area contributed by atoms with Crippen molar-refractivity contribution in [2.75, 3.05) is 35.9 Å². The molecule has 8 nitrogen and oxygen atoms in total. The van der Waals surface area contributed by atoms with Crippen molar-refractivity contribution >= 4 is 43.9 Å². The minimum atomic E-state index is -3.77. The first-order valence-corrected chi connectivity index (χ1v) is 15.3. The number of hydrogen-bond acceptors (Lipinski definition) is 6. The van der Waals surface area contributed by atoms with Gasteiger partial charge in [0.1, 0.15) is 11.5 Å². The van der Waals surface area contributed by atoms with Gasteiger partial charge in [-0.1, -0.05) is 18.2 Å². The molecule has 3 aromatic rings. The summed E-state index contributed by atoms with van der Waals surface area (Å²) in [5.74, 6) is -0.829. The highest BCUT2D eigenvalue weighted by Gasteiger charge is 2.32. The predicted molar refractivity (Wildman–Crippen MR) is 148 cm³/mol. The Kier molecular flexibility index (Phi) is 7.56. The maximum absolute atomic E-state index is 13.4. The summed E-state index contributed by atoms with van der Waals surface area (Å²) in [6.07, 6.45) is 2.35. The second-order valence-electron chi connectivity index (χ2n) is 9.50. The third kappa shape index (κ3) is 4.95. The van der Waals surface area contributed by atoms with Gasteiger partial charge in [0.15, 0.2) is 0 Å². The van der Waals surface area contributed by atoms with Gasteiger partial charge in [-0.2, -0.15) is 0 Å². The number of quaternary nitrogens is 1. The number of amides is 1. The lowest BCUT2D eigenvalue weighted by Crippen LogP contribution is -3.11. The number of nitrogens with zero attached hydrogens (tertiary/aromatic N) is 1. The van der Waals surface area contributed by atoms with Crippen molar-refractivity contribution in [3.63, 3.8) is 0 Å². The first kappa shape index (κ1) is 26.4. The highest BCUT2D eigenvalue weighted by atomic mass is 32.2. The number of likely N-dealkylation sites (N-methyl/N-ethyl adjacent to an activating group) is 1. The monoisotopic (exact) mass is 554 g/mol. The molecule has 0 aliphatic carbocycles. The van der Waals surface area contributed by atoms with Crippen LogP contribution < -0.4 is 14.5 Å². The van der Waals surface area contributed by atoms with Crippen molar-refractivity contribution in [1.29, 1.82) is 0 Å². The van der Waals surface area contributed by atoms with E-state index in [1.807, 2.05) is 24.3 Å².